The molecular formula is C18H21N. The number of benzene rings is 2. The van der Waals surface area contributed by atoms with E-state index in [1.54, 1.807) is 0 Å². The summed E-state index contributed by atoms with van der Waals surface area (Å²) in [6.07, 6.45) is 5.46. The molecule has 0 spiro atoms. The summed E-state index contributed by atoms with van der Waals surface area (Å²) in [5.74, 6) is 0. The van der Waals surface area contributed by atoms with Gasteiger partial charge in [0.1, 0.15) is 0 Å². The molecule has 0 bridgehead atoms. The lowest BCUT2D eigenvalue weighted by Crippen LogP contribution is -2.25. The predicted octanol–water partition coefficient (Wildman–Crippen LogP) is 4.39. The SMILES string of the molecule is c1ccc(-c2ccccc2CNC2CCCC2)cc1. The lowest BCUT2D eigenvalue weighted by atomic mass is 9.99. The van der Waals surface area contributed by atoms with Crippen molar-refractivity contribution in [1.82, 2.24) is 5.32 Å². The van der Waals surface area contributed by atoms with Gasteiger partial charge in [0.05, 0.1) is 0 Å². The summed E-state index contributed by atoms with van der Waals surface area (Å²) < 4.78 is 0. The van der Waals surface area contributed by atoms with Gasteiger partial charge in [-0.1, -0.05) is 67.4 Å². The molecule has 1 saturated carbocycles. The summed E-state index contributed by atoms with van der Waals surface area (Å²) in [4.78, 5) is 0. The summed E-state index contributed by atoms with van der Waals surface area (Å²) in [5.41, 5.74) is 4.07. The molecule has 2 aromatic carbocycles. The highest BCUT2D eigenvalue weighted by Crippen LogP contribution is 2.24. The molecule has 0 saturated heterocycles. The van der Waals surface area contributed by atoms with Gasteiger partial charge in [0.25, 0.3) is 0 Å². The van der Waals surface area contributed by atoms with Gasteiger partial charge in [-0.05, 0) is 29.5 Å². The lowest BCUT2D eigenvalue weighted by Gasteiger charge is -2.14. The van der Waals surface area contributed by atoms with Crippen molar-refractivity contribution in [3.8, 4) is 11.1 Å². The minimum atomic E-state index is 0.726. The average Bonchev–Trinajstić information content (AvgIpc) is 3.00. The van der Waals surface area contributed by atoms with Crippen LogP contribution >= 0.6 is 0 Å². The topological polar surface area (TPSA) is 12.0 Å². The highest BCUT2D eigenvalue weighted by Gasteiger charge is 2.14. The molecule has 1 N–H and O–H groups in total. The van der Waals surface area contributed by atoms with Crippen LogP contribution in [-0.2, 0) is 6.54 Å². The molecule has 0 aliphatic heterocycles. The summed E-state index contributed by atoms with van der Waals surface area (Å²) >= 11 is 0. The Morgan fingerprint density at radius 3 is 2.32 bits per heavy atom. The van der Waals surface area contributed by atoms with E-state index < -0.39 is 0 Å². The van der Waals surface area contributed by atoms with Crippen molar-refractivity contribution in [2.45, 2.75) is 38.3 Å². The Labute approximate surface area is 115 Å². The van der Waals surface area contributed by atoms with Gasteiger partial charge in [0, 0.05) is 12.6 Å². The molecule has 2 aromatic rings. The van der Waals surface area contributed by atoms with E-state index in [1.165, 1.54) is 42.4 Å². The van der Waals surface area contributed by atoms with E-state index in [0.29, 0.717) is 0 Å². The summed E-state index contributed by atoms with van der Waals surface area (Å²) in [5, 5.41) is 3.71. The Balaban J connectivity index is 1.77. The quantitative estimate of drug-likeness (QED) is 0.850. The molecule has 1 heteroatoms. The van der Waals surface area contributed by atoms with Crippen LogP contribution in [0.5, 0.6) is 0 Å². The maximum absolute atomic E-state index is 3.71. The predicted molar refractivity (Wildman–Crippen MR) is 81.0 cm³/mol. The fraction of sp³-hybridized carbons (Fsp3) is 0.333. The molecule has 1 fully saturated rings. The van der Waals surface area contributed by atoms with Crippen molar-refractivity contribution in [1.29, 1.82) is 0 Å². The van der Waals surface area contributed by atoms with Crippen LogP contribution in [0.15, 0.2) is 54.6 Å². The van der Waals surface area contributed by atoms with Crippen LogP contribution in [0.2, 0.25) is 0 Å². The first-order valence-electron chi connectivity index (χ1n) is 7.30. The fourth-order valence-electron chi connectivity index (χ4n) is 2.96. The van der Waals surface area contributed by atoms with Crippen molar-refractivity contribution in [3.05, 3.63) is 60.2 Å². The minimum Gasteiger partial charge on any atom is -0.310 e. The van der Waals surface area contributed by atoms with Gasteiger partial charge in [-0.2, -0.15) is 0 Å². The molecule has 1 aliphatic rings. The standard InChI is InChI=1S/C18H21N/c1-2-8-15(9-3-1)18-13-7-4-10-16(18)14-19-17-11-5-6-12-17/h1-4,7-10,13,17,19H,5-6,11-12,14H2. The van der Waals surface area contributed by atoms with E-state index in [4.69, 9.17) is 0 Å². The van der Waals surface area contributed by atoms with Crippen LogP contribution in [0.25, 0.3) is 11.1 Å². The fourth-order valence-corrected chi connectivity index (χ4v) is 2.96. The molecule has 0 aromatic heterocycles. The molecule has 0 unspecified atom stereocenters. The van der Waals surface area contributed by atoms with Gasteiger partial charge in [-0.3, -0.25) is 0 Å². The molecule has 0 radical (unpaired) electrons. The van der Waals surface area contributed by atoms with E-state index in [1.807, 2.05) is 0 Å². The third kappa shape index (κ3) is 3.05. The first kappa shape index (κ1) is 12.4. The first-order valence-corrected chi connectivity index (χ1v) is 7.30. The second-order valence-electron chi connectivity index (χ2n) is 5.39. The summed E-state index contributed by atoms with van der Waals surface area (Å²) in [6.45, 7) is 0.982. The Bertz CT molecular complexity index is 512. The largest absolute Gasteiger partial charge is 0.310 e. The zero-order chi connectivity index (χ0) is 12.9. The maximum atomic E-state index is 3.71. The molecule has 3 rings (SSSR count). The van der Waals surface area contributed by atoms with Crippen molar-refractivity contribution >= 4 is 0 Å². The Hall–Kier alpha value is -1.60. The maximum Gasteiger partial charge on any atom is 0.0214 e. The Morgan fingerprint density at radius 1 is 0.842 bits per heavy atom. The van der Waals surface area contributed by atoms with Crippen LogP contribution in [0, 0.1) is 0 Å². The highest BCUT2D eigenvalue weighted by molar-refractivity contribution is 5.67. The van der Waals surface area contributed by atoms with E-state index in [2.05, 4.69) is 59.9 Å². The summed E-state index contributed by atoms with van der Waals surface area (Å²) in [7, 11) is 0. The van der Waals surface area contributed by atoms with Crippen LogP contribution < -0.4 is 5.32 Å². The van der Waals surface area contributed by atoms with Crippen molar-refractivity contribution in [3.63, 3.8) is 0 Å². The lowest BCUT2D eigenvalue weighted by molar-refractivity contribution is 0.524. The van der Waals surface area contributed by atoms with Crippen molar-refractivity contribution in [2.24, 2.45) is 0 Å². The average molecular weight is 251 g/mol. The van der Waals surface area contributed by atoms with Gasteiger partial charge in [0.15, 0.2) is 0 Å². The van der Waals surface area contributed by atoms with Gasteiger partial charge in [-0.25, -0.2) is 0 Å². The van der Waals surface area contributed by atoms with Gasteiger partial charge in [-0.15, -0.1) is 0 Å². The number of hydrogen-bond acceptors (Lipinski definition) is 1. The minimum absolute atomic E-state index is 0.726. The van der Waals surface area contributed by atoms with Crippen molar-refractivity contribution in [2.75, 3.05) is 0 Å². The third-order valence-electron chi connectivity index (χ3n) is 4.04. The molecule has 0 atom stereocenters. The normalized spacial score (nSPS) is 15.8. The van der Waals surface area contributed by atoms with Crippen LogP contribution in [-0.4, -0.2) is 6.04 Å². The monoisotopic (exact) mass is 251 g/mol. The molecule has 1 aliphatic carbocycles. The van der Waals surface area contributed by atoms with Crippen LogP contribution in [0.4, 0.5) is 0 Å². The molecule has 1 nitrogen and oxygen atoms in total. The molecular weight excluding hydrogens is 230 g/mol. The van der Waals surface area contributed by atoms with Crippen molar-refractivity contribution < 1.29 is 0 Å². The first-order chi connectivity index (χ1) is 9.43. The Kier molecular flexibility index (Phi) is 3.95. The third-order valence-corrected chi connectivity index (χ3v) is 4.04. The van der Waals surface area contributed by atoms with E-state index >= 15 is 0 Å². The molecule has 98 valence electrons. The smallest absolute Gasteiger partial charge is 0.0214 e. The molecule has 19 heavy (non-hydrogen) atoms. The molecule has 0 amide bonds. The molecule has 0 heterocycles. The van der Waals surface area contributed by atoms with Gasteiger partial charge in [0.2, 0.25) is 0 Å². The zero-order valence-electron chi connectivity index (χ0n) is 11.3. The number of hydrogen-bond donors (Lipinski definition) is 1. The second-order valence-corrected chi connectivity index (χ2v) is 5.39. The van der Waals surface area contributed by atoms with Crippen LogP contribution in [0.3, 0.4) is 0 Å². The highest BCUT2D eigenvalue weighted by atomic mass is 14.9. The summed E-state index contributed by atoms with van der Waals surface area (Å²) in [6, 6.07) is 20.1. The van der Waals surface area contributed by atoms with Crippen LogP contribution in [0.1, 0.15) is 31.2 Å². The van der Waals surface area contributed by atoms with Gasteiger partial charge >= 0.3 is 0 Å². The Morgan fingerprint density at radius 2 is 1.53 bits per heavy atom. The van der Waals surface area contributed by atoms with E-state index in [-0.39, 0.29) is 0 Å². The van der Waals surface area contributed by atoms with Gasteiger partial charge < -0.3 is 5.32 Å². The number of nitrogens with one attached hydrogen (secondary N) is 1. The zero-order valence-corrected chi connectivity index (χ0v) is 11.3. The van der Waals surface area contributed by atoms with E-state index in [9.17, 15) is 0 Å². The second kappa shape index (κ2) is 6.03. The number of rotatable bonds is 4. The van der Waals surface area contributed by atoms with E-state index in [0.717, 1.165) is 12.6 Å².